The van der Waals surface area contributed by atoms with Crippen molar-refractivity contribution >= 4 is 28.7 Å². The van der Waals surface area contributed by atoms with Crippen LogP contribution in [0, 0.1) is 6.92 Å². The Bertz CT molecular complexity index is 963. The largest absolute Gasteiger partial charge is 0.349 e. The number of thiophene rings is 1. The molecule has 0 radical (unpaired) electrons. The molecule has 2 aromatic heterocycles. The number of amides is 1. The summed E-state index contributed by atoms with van der Waals surface area (Å²) in [5.74, 6) is 1.59. The maximum Gasteiger partial charge on any atom is 0.226 e. The molecule has 2 heterocycles. The summed E-state index contributed by atoms with van der Waals surface area (Å²) in [4.78, 5) is 23.9. The number of hydrogen-bond donors (Lipinski definition) is 1. The van der Waals surface area contributed by atoms with E-state index in [1.54, 1.807) is 30.3 Å². The summed E-state index contributed by atoms with van der Waals surface area (Å²) in [7, 11) is 3.53. The number of carbonyl (C=O) groups excluding carboxylic acids is 1. The minimum Gasteiger partial charge on any atom is -0.349 e. The van der Waals surface area contributed by atoms with Crippen molar-refractivity contribution in [1.29, 1.82) is 0 Å². The van der Waals surface area contributed by atoms with Crippen LogP contribution in [-0.2, 0) is 17.6 Å². The van der Waals surface area contributed by atoms with E-state index < -0.39 is 0 Å². The second kappa shape index (κ2) is 8.80. The van der Waals surface area contributed by atoms with E-state index in [2.05, 4.69) is 16.9 Å². The highest BCUT2D eigenvalue weighted by Crippen LogP contribution is 2.28. The zero-order chi connectivity index (χ0) is 20.1. The summed E-state index contributed by atoms with van der Waals surface area (Å²) in [6.07, 6.45) is 2.94. The Morgan fingerprint density at radius 3 is 2.57 bits per heavy atom. The number of anilines is 2. The SMILES string of the molecule is C=CCc1c(C)nc(-c2cccs2)nc1Nc1ccc(CC(=O)N(C)C)cc1. The molecule has 3 aromatic rings. The average Bonchev–Trinajstić information content (AvgIpc) is 3.20. The predicted molar refractivity (Wildman–Crippen MR) is 116 cm³/mol. The molecule has 1 amide bonds. The molecule has 6 heteroatoms. The van der Waals surface area contributed by atoms with Crippen LogP contribution in [0.1, 0.15) is 16.8 Å². The van der Waals surface area contributed by atoms with Crippen LogP contribution < -0.4 is 5.32 Å². The maximum absolute atomic E-state index is 11.9. The van der Waals surface area contributed by atoms with Crippen molar-refractivity contribution in [3.8, 4) is 10.7 Å². The van der Waals surface area contributed by atoms with E-state index in [9.17, 15) is 4.79 Å². The van der Waals surface area contributed by atoms with E-state index in [4.69, 9.17) is 4.98 Å². The van der Waals surface area contributed by atoms with Crippen LogP contribution in [0.15, 0.2) is 54.4 Å². The minimum absolute atomic E-state index is 0.0843. The molecule has 0 saturated heterocycles. The quantitative estimate of drug-likeness (QED) is 0.596. The fourth-order valence-electron chi connectivity index (χ4n) is 2.78. The Balaban J connectivity index is 1.88. The van der Waals surface area contributed by atoms with E-state index in [-0.39, 0.29) is 5.91 Å². The van der Waals surface area contributed by atoms with Gasteiger partial charge in [0, 0.05) is 31.0 Å². The van der Waals surface area contributed by atoms with Crippen LogP contribution in [0.4, 0.5) is 11.5 Å². The van der Waals surface area contributed by atoms with Gasteiger partial charge >= 0.3 is 0 Å². The Morgan fingerprint density at radius 1 is 1.21 bits per heavy atom. The Morgan fingerprint density at radius 2 is 1.96 bits per heavy atom. The highest BCUT2D eigenvalue weighted by Gasteiger charge is 2.13. The van der Waals surface area contributed by atoms with E-state index >= 15 is 0 Å². The van der Waals surface area contributed by atoms with Crippen molar-refractivity contribution in [2.45, 2.75) is 19.8 Å². The molecule has 0 saturated carbocycles. The summed E-state index contributed by atoms with van der Waals surface area (Å²) in [6, 6.07) is 11.9. The fraction of sp³-hybridized carbons (Fsp3) is 0.227. The minimum atomic E-state index is 0.0843. The number of carbonyl (C=O) groups is 1. The topological polar surface area (TPSA) is 58.1 Å². The molecule has 0 fully saturated rings. The van der Waals surface area contributed by atoms with Gasteiger partial charge in [-0.1, -0.05) is 24.3 Å². The monoisotopic (exact) mass is 392 g/mol. The van der Waals surface area contributed by atoms with Crippen LogP contribution in [0.3, 0.4) is 0 Å². The average molecular weight is 393 g/mol. The first kappa shape index (κ1) is 19.8. The number of allylic oxidation sites excluding steroid dienone is 1. The number of rotatable bonds is 7. The summed E-state index contributed by atoms with van der Waals surface area (Å²) in [5.41, 5.74) is 3.87. The maximum atomic E-state index is 11.9. The van der Waals surface area contributed by atoms with Gasteiger partial charge in [-0.05, 0) is 42.5 Å². The Hall–Kier alpha value is -2.99. The second-order valence-corrected chi connectivity index (χ2v) is 7.66. The van der Waals surface area contributed by atoms with Gasteiger partial charge in [-0.25, -0.2) is 9.97 Å². The summed E-state index contributed by atoms with van der Waals surface area (Å²) < 4.78 is 0. The van der Waals surface area contributed by atoms with Gasteiger partial charge in [0.15, 0.2) is 5.82 Å². The smallest absolute Gasteiger partial charge is 0.226 e. The molecule has 0 aliphatic heterocycles. The number of aromatic nitrogens is 2. The fourth-order valence-corrected chi connectivity index (χ4v) is 3.44. The van der Waals surface area contributed by atoms with Crippen molar-refractivity contribution in [1.82, 2.24) is 14.9 Å². The standard InChI is InChI=1S/C22H24N4OS/c1-5-7-18-15(2)23-22(19-8-6-13-28-19)25-21(18)24-17-11-9-16(10-12-17)14-20(27)26(3)4/h5-6,8-13H,1,7,14H2,2-4H3,(H,23,24,25). The third-order valence-corrected chi connectivity index (χ3v) is 5.24. The molecule has 3 rings (SSSR count). The molecule has 28 heavy (non-hydrogen) atoms. The van der Waals surface area contributed by atoms with Crippen molar-refractivity contribution in [2.75, 3.05) is 19.4 Å². The third kappa shape index (κ3) is 4.64. The number of nitrogens with one attached hydrogen (secondary N) is 1. The number of likely N-dealkylation sites (N-methyl/N-ethyl adjacent to an activating group) is 1. The van der Waals surface area contributed by atoms with Gasteiger partial charge in [-0.15, -0.1) is 17.9 Å². The van der Waals surface area contributed by atoms with E-state index in [0.717, 1.165) is 39.0 Å². The molecule has 1 aromatic carbocycles. The van der Waals surface area contributed by atoms with Crippen molar-refractivity contribution < 1.29 is 4.79 Å². The lowest BCUT2D eigenvalue weighted by Crippen LogP contribution is -2.23. The van der Waals surface area contributed by atoms with Gasteiger partial charge in [0.1, 0.15) is 5.82 Å². The van der Waals surface area contributed by atoms with Gasteiger partial charge in [0.05, 0.1) is 11.3 Å². The summed E-state index contributed by atoms with van der Waals surface area (Å²) >= 11 is 1.62. The lowest BCUT2D eigenvalue weighted by atomic mass is 10.1. The molecule has 0 aliphatic rings. The molecular formula is C22H24N4OS. The zero-order valence-electron chi connectivity index (χ0n) is 16.4. The van der Waals surface area contributed by atoms with E-state index in [1.807, 2.05) is 54.8 Å². The molecule has 0 atom stereocenters. The van der Waals surface area contributed by atoms with Crippen molar-refractivity contribution in [2.24, 2.45) is 0 Å². The Kier molecular flexibility index (Phi) is 6.21. The van der Waals surface area contributed by atoms with Gasteiger partial charge < -0.3 is 10.2 Å². The van der Waals surface area contributed by atoms with Crippen LogP contribution in [0.25, 0.3) is 10.7 Å². The van der Waals surface area contributed by atoms with Gasteiger partial charge in [-0.3, -0.25) is 4.79 Å². The van der Waals surface area contributed by atoms with Gasteiger partial charge in [0.2, 0.25) is 5.91 Å². The zero-order valence-corrected chi connectivity index (χ0v) is 17.2. The third-order valence-electron chi connectivity index (χ3n) is 4.37. The molecule has 0 unspecified atom stereocenters. The first-order valence-corrected chi connectivity index (χ1v) is 9.94. The second-order valence-electron chi connectivity index (χ2n) is 6.72. The number of benzene rings is 1. The molecular weight excluding hydrogens is 368 g/mol. The lowest BCUT2D eigenvalue weighted by molar-refractivity contribution is -0.127. The normalized spacial score (nSPS) is 10.5. The van der Waals surface area contributed by atoms with Gasteiger partial charge in [-0.2, -0.15) is 0 Å². The summed E-state index contributed by atoms with van der Waals surface area (Å²) in [6.45, 7) is 5.85. The van der Waals surface area contributed by atoms with Crippen LogP contribution in [-0.4, -0.2) is 34.9 Å². The predicted octanol–water partition coefficient (Wildman–Crippen LogP) is 4.62. The molecule has 0 bridgehead atoms. The van der Waals surface area contributed by atoms with Crippen LogP contribution in [0.5, 0.6) is 0 Å². The number of hydrogen-bond acceptors (Lipinski definition) is 5. The van der Waals surface area contributed by atoms with Crippen molar-refractivity contribution in [3.63, 3.8) is 0 Å². The highest BCUT2D eigenvalue weighted by atomic mass is 32.1. The van der Waals surface area contributed by atoms with Crippen LogP contribution >= 0.6 is 11.3 Å². The van der Waals surface area contributed by atoms with E-state index in [0.29, 0.717) is 12.8 Å². The molecule has 0 spiro atoms. The molecule has 1 N–H and O–H groups in total. The van der Waals surface area contributed by atoms with Crippen molar-refractivity contribution in [3.05, 3.63) is 71.3 Å². The number of nitrogens with zero attached hydrogens (tertiary/aromatic N) is 3. The molecule has 144 valence electrons. The van der Waals surface area contributed by atoms with Gasteiger partial charge in [0.25, 0.3) is 0 Å². The van der Waals surface area contributed by atoms with Crippen LogP contribution in [0.2, 0.25) is 0 Å². The Labute approximate surface area is 169 Å². The lowest BCUT2D eigenvalue weighted by Gasteiger charge is -2.14. The highest BCUT2D eigenvalue weighted by molar-refractivity contribution is 7.13. The summed E-state index contributed by atoms with van der Waals surface area (Å²) in [5, 5.41) is 5.43. The van der Waals surface area contributed by atoms with E-state index in [1.165, 1.54) is 0 Å². The first-order chi connectivity index (χ1) is 13.5. The molecule has 0 aliphatic carbocycles. The first-order valence-electron chi connectivity index (χ1n) is 9.06. The molecule has 5 nitrogen and oxygen atoms in total. The number of aryl methyl sites for hydroxylation is 1.